The molecule has 2 aliphatic rings. The molecule has 1 N–H and O–H groups in total. The first kappa shape index (κ1) is 22.9. The second-order valence-electron chi connectivity index (χ2n) is 6.76. The lowest BCUT2D eigenvalue weighted by Gasteiger charge is -2.47. The van der Waals surface area contributed by atoms with E-state index in [1.165, 1.54) is 0 Å². The van der Waals surface area contributed by atoms with Crippen molar-refractivity contribution in [2.24, 2.45) is 0 Å². The second kappa shape index (κ2) is 9.88. The Balaban J connectivity index is 0.000000370. The molecule has 0 aromatic carbocycles. The summed E-state index contributed by atoms with van der Waals surface area (Å²) in [7, 11) is 1.55. The number of carbonyl (C=O) groups is 2. The summed E-state index contributed by atoms with van der Waals surface area (Å²) in [6.45, 7) is 4.05. The third-order valence-electron chi connectivity index (χ3n) is 4.76. The van der Waals surface area contributed by atoms with Crippen LogP contribution in [-0.2, 0) is 19.1 Å². The lowest BCUT2D eigenvalue weighted by Crippen LogP contribution is -2.58. The molecule has 2 fully saturated rings. The van der Waals surface area contributed by atoms with E-state index in [1.54, 1.807) is 7.11 Å². The lowest BCUT2D eigenvalue weighted by atomic mass is 9.89. The summed E-state index contributed by atoms with van der Waals surface area (Å²) in [6, 6.07) is 5.98. The minimum Gasteiger partial charge on any atom is -0.475 e. The number of pyridine rings is 1. The van der Waals surface area contributed by atoms with Gasteiger partial charge in [-0.3, -0.25) is 4.79 Å². The molecule has 0 saturated carbocycles. The van der Waals surface area contributed by atoms with Crippen molar-refractivity contribution < 1.29 is 37.3 Å². The molecule has 1 aromatic rings. The van der Waals surface area contributed by atoms with E-state index in [4.69, 9.17) is 19.4 Å². The molecule has 0 unspecified atom stereocenters. The van der Waals surface area contributed by atoms with Crippen LogP contribution in [0.1, 0.15) is 12.8 Å². The van der Waals surface area contributed by atoms with E-state index in [9.17, 15) is 18.0 Å². The Labute approximate surface area is 166 Å². The fourth-order valence-electron chi connectivity index (χ4n) is 3.26. The molecule has 29 heavy (non-hydrogen) atoms. The summed E-state index contributed by atoms with van der Waals surface area (Å²) in [5, 5.41) is 7.12. The highest BCUT2D eigenvalue weighted by Crippen LogP contribution is 2.31. The van der Waals surface area contributed by atoms with Gasteiger partial charge in [-0.15, -0.1) is 0 Å². The number of morpholine rings is 1. The van der Waals surface area contributed by atoms with Crippen LogP contribution in [0, 0.1) is 0 Å². The number of amides is 1. The molecule has 0 atom stereocenters. The van der Waals surface area contributed by atoms with Crippen LogP contribution in [-0.4, -0.2) is 85.1 Å². The van der Waals surface area contributed by atoms with E-state index in [-0.39, 0.29) is 18.1 Å². The molecule has 162 valence electrons. The first-order chi connectivity index (χ1) is 13.7. The number of aliphatic carboxylic acids is 1. The van der Waals surface area contributed by atoms with Crippen molar-refractivity contribution in [1.29, 1.82) is 0 Å². The third-order valence-corrected chi connectivity index (χ3v) is 4.76. The Bertz CT molecular complexity index is 679. The van der Waals surface area contributed by atoms with E-state index in [0.717, 1.165) is 44.8 Å². The number of ether oxygens (including phenoxy) is 2. The minimum absolute atomic E-state index is 0.0646. The van der Waals surface area contributed by atoms with E-state index in [2.05, 4.69) is 9.88 Å². The monoisotopic (exact) mass is 419 g/mol. The first-order valence-electron chi connectivity index (χ1n) is 9.04. The van der Waals surface area contributed by atoms with Gasteiger partial charge in [0.1, 0.15) is 12.4 Å². The van der Waals surface area contributed by atoms with Gasteiger partial charge >= 0.3 is 12.1 Å². The van der Waals surface area contributed by atoms with Gasteiger partial charge in [-0.2, -0.15) is 13.2 Å². The summed E-state index contributed by atoms with van der Waals surface area (Å²) < 4.78 is 42.8. The number of hydrogen-bond donors (Lipinski definition) is 1. The average Bonchev–Trinajstić information content (AvgIpc) is 2.69. The molecule has 11 heteroatoms. The number of alkyl halides is 3. The maximum atomic E-state index is 11.9. The highest BCUT2D eigenvalue weighted by Gasteiger charge is 2.41. The molecule has 1 aromatic heterocycles. The number of aromatic nitrogens is 1. The number of likely N-dealkylation sites (tertiary alicyclic amines) is 1. The van der Waals surface area contributed by atoms with Crippen LogP contribution < -0.4 is 4.90 Å². The van der Waals surface area contributed by atoms with Crippen LogP contribution in [0.2, 0.25) is 0 Å². The molecular formula is C18H24F3N3O5. The number of anilines is 1. The third kappa shape index (κ3) is 6.57. The predicted molar refractivity (Wildman–Crippen MR) is 96.5 cm³/mol. The van der Waals surface area contributed by atoms with Crippen molar-refractivity contribution in [2.75, 3.05) is 51.4 Å². The van der Waals surface area contributed by atoms with Crippen molar-refractivity contribution in [3.05, 3.63) is 24.4 Å². The quantitative estimate of drug-likeness (QED) is 0.795. The Morgan fingerprint density at radius 1 is 1.28 bits per heavy atom. The number of hydrogen-bond acceptors (Lipinski definition) is 6. The number of carboxylic acids is 1. The maximum absolute atomic E-state index is 11.9. The average molecular weight is 419 g/mol. The first-order valence-corrected chi connectivity index (χ1v) is 9.04. The van der Waals surface area contributed by atoms with Gasteiger partial charge in [-0.25, -0.2) is 9.78 Å². The molecular weight excluding hydrogens is 395 g/mol. The van der Waals surface area contributed by atoms with Crippen molar-refractivity contribution in [2.45, 2.75) is 24.6 Å². The Kier molecular flexibility index (Phi) is 7.80. The van der Waals surface area contributed by atoms with E-state index >= 15 is 0 Å². The summed E-state index contributed by atoms with van der Waals surface area (Å²) >= 11 is 0. The van der Waals surface area contributed by atoms with Crippen molar-refractivity contribution in [3.8, 4) is 0 Å². The van der Waals surface area contributed by atoms with Crippen molar-refractivity contribution in [3.63, 3.8) is 0 Å². The van der Waals surface area contributed by atoms with Gasteiger partial charge in [0.05, 0.1) is 12.2 Å². The Morgan fingerprint density at radius 3 is 2.45 bits per heavy atom. The number of piperidine rings is 1. The lowest BCUT2D eigenvalue weighted by molar-refractivity contribution is -0.192. The van der Waals surface area contributed by atoms with Crippen LogP contribution in [0.4, 0.5) is 19.0 Å². The fourth-order valence-corrected chi connectivity index (χ4v) is 3.26. The maximum Gasteiger partial charge on any atom is 0.490 e. The second-order valence-corrected chi connectivity index (χ2v) is 6.76. The molecule has 1 spiro atoms. The van der Waals surface area contributed by atoms with Gasteiger partial charge in [0.25, 0.3) is 0 Å². The SMILES string of the molecule is COCC(=O)N1CCC2(CC1)CN(c1ccccn1)CCO2.O=C(O)C(F)(F)F. The molecule has 3 heterocycles. The van der Waals surface area contributed by atoms with Gasteiger partial charge in [0.2, 0.25) is 5.91 Å². The van der Waals surface area contributed by atoms with Gasteiger partial charge in [-0.05, 0) is 25.0 Å². The van der Waals surface area contributed by atoms with Gasteiger partial charge in [0, 0.05) is 39.5 Å². The standard InChI is InChI=1S/C16H23N3O3.C2HF3O2/c1-21-12-15(20)18-8-5-16(6-9-18)13-19(10-11-22-16)14-4-2-3-7-17-14;3-2(4,5)1(6)7/h2-4,7H,5-6,8-13H2,1H3;(H,6,7). The van der Waals surface area contributed by atoms with E-state index in [1.807, 2.05) is 29.3 Å². The predicted octanol–water partition coefficient (Wildman–Crippen LogP) is 1.56. The zero-order valence-corrected chi connectivity index (χ0v) is 16.0. The van der Waals surface area contributed by atoms with Crippen LogP contribution in [0.15, 0.2) is 24.4 Å². The van der Waals surface area contributed by atoms with Crippen LogP contribution in [0.5, 0.6) is 0 Å². The number of carbonyl (C=O) groups excluding carboxylic acids is 1. The molecule has 8 nitrogen and oxygen atoms in total. The molecule has 0 radical (unpaired) electrons. The molecule has 2 saturated heterocycles. The smallest absolute Gasteiger partial charge is 0.475 e. The number of nitrogens with zero attached hydrogens (tertiary/aromatic N) is 3. The van der Waals surface area contributed by atoms with Crippen LogP contribution in [0.25, 0.3) is 0 Å². The van der Waals surface area contributed by atoms with Gasteiger partial charge in [-0.1, -0.05) is 6.07 Å². The summed E-state index contributed by atoms with van der Waals surface area (Å²) in [4.78, 5) is 29.4. The number of methoxy groups -OCH3 is 1. The summed E-state index contributed by atoms with van der Waals surface area (Å²) in [5.74, 6) is -1.69. The highest BCUT2D eigenvalue weighted by atomic mass is 19.4. The number of rotatable bonds is 3. The van der Waals surface area contributed by atoms with E-state index < -0.39 is 12.1 Å². The summed E-state index contributed by atoms with van der Waals surface area (Å²) in [6.07, 6.45) is -1.53. The molecule has 0 aliphatic carbocycles. The Hall–Kier alpha value is -2.40. The largest absolute Gasteiger partial charge is 0.490 e. The van der Waals surface area contributed by atoms with Crippen LogP contribution >= 0.6 is 0 Å². The zero-order chi connectivity index (χ0) is 21.5. The number of carboxylic acid groups (broad SMARTS) is 1. The Morgan fingerprint density at radius 2 is 1.93 bits per heavy atom. The molecule has 2 aliphatic heterocycles. The highest BCUT2D eigenvalue weighted by molar-refractivity contribution is 5.77. The molecule has 3 rings (SSSR count). The topological polar surface area (TPSA) is 92.2 Å². The molecule has 0 bridgehead atoms. The molecule has 1 amide bonds. The zero-order valence-electron chi connectivity index (χ0n) is 16.0. The van der Waals surface area contributed by atoms with E-state index in [0.29, 0.717) is 6.61 Å². The number of halogens is 3. The fraction of sp³-hybridized carbons (Fsp3) is 0.611. The van der Waals surface area contributed by atoms with Crippen molar-refractivity contribution in [1.82, 2.24) is 9.88 Å². The van der Waals surface area contributed by atoms with Crippen LogP contribution in [0.3, 0.4) is 0 Å². The van der Waals surface area contributed by atoms with Crippen molar-refractivity contribution >= 4 is 17.7 Å². The minimum atomic E-state index is -5.08. The van der Waals surface area contributed by atoms with Gasteiger partial charge < -0.3 is 24.4 Å². The van der Waals surface area contributed by atoms with Gasteiger partial charge in [0.15, 0.2) is 0 Å². The summed E-state index contributed by atoms with van der Waals surface area (Å²) in [5.41, 5.74) is -0.153. The normalized spacial score (nSPS) is 18.8.